The molecule has 0 fully saturated rings. The zero-order valence-corrected chi connectivity index (χ0v) is 69.4. The highest BCUT2D eigenvalue weighted by atomic mass is 31.2. The monoisotopic (exact) mass is 1510 g/mol. The largest absolute Gasteiger partial charge is 0.472 e. The smallest absolute Gasteiger partial charge is 0.462 e. The van der Waals surface area contributed by atoms with Gasteiger partial charge in [0, 0.05) is 25.7 Å². The maximum atomic E-state index is 13.1. The first kappa shape index (κ1) is 101. The average molecular weight is 1510 g/mol. The molecule has 0 amide bonds. The zero-order chi connectivity index (χ0) is 75.6. The second kappa shape index (κ2) is 75.5. The minimum Gasteiger partial charge on any atom is -0.462 e. The van der Waals surface area contributed by atoms with Gasteiger partial charge in [-0.05, 0) is 37.5 Å². The first-order valence-electron chi connectivity index (χ1n) is 43.5. The number of carbonyl (C=O) groups excluding carboxylic acids is 4. The third kappa shape index (κ3) is 78.0. The minimum absolute atomic E-state index is 0.107. The van der Waals surface area contributed by atoms with Gasteiger partial charge in [-0.15, -0.1) is 0 Å². The summed E-state index contributed by atoms with van der Waals surface area (Å²) < 4.78 is 68.6. The van der Waals surface area contributed by atoms with E-state index in [0.717, 1.165) is 108 Å². The predicted molar refractivity (Wildman–Crippen MR) is 423 cm³/mol. The maximum absolute atomic E-state index is 13.1. The van der Waals surface area contributed by atoms with Crippen molar-refractivity contribution in [1.82, 2.24) is 0 Å². The Morgan fingerprint density at radius 2 is 0.447 bits per heavy atom. The Balaban J connectivity index is 5.10. The number of esters is 4. The van der Waals surface area contributed by atoms with Crippen LogP contribution >= 0.6 is 15.6 Å². The van der Waals surface area contributed by atoms with Crippen molar-refractivity contribution in [2.75, 3.05) is 39.6 Å². The van der Waals surface area contributed by atoms with E-state index in [1.54, 1.807) is 0 Å². The van der Waals surface area contributed by atoms with E-state index in [2.05, 4.69) is 41.5 Å². The van der Waals surface area contributed by atoms with E-state index in [0.29, 0.717) is 25.7 Å². The van der Waals surface area contributed by atoms with Gasteiger partial charge in [-0.25, -0.2) is 9.13 Å². The number of hydrogen-bond acceptors (Lipinski definition) is 15. The van der Waals surface area contributed by atoms with Gasteiger partial charge in [-0.2, -0.15) is 0 Å². The van der Waals surface area contributed by atoms with E-state index in [1.807, 2.05) is 0 Å². The van der Waals surface area contributed by atoms with Crippen molar-refractivity contribution in [2.24, 2.45) is 11.8 Å². The normalized spacial score (nSPS) is 13.9. The SMILES string of the molecule is CCCCCCCCCCCCCCCCCCCCCCCC(=O)OC[C@H](COP(=O)(O)OC[C@@H](O)COP(=O)(O)OC[C@@H](COC(=O)CCCCCCC)OC(=O)CCCCCCCCCCCCCCCC(C)C)OC(=O)CCCCCCCCCCCCCCCCCCCCC(C)C. The standard InChI is InChI=1S/C84H164O17P2/c1-7-9-11-13-14-15-16-17-18-19-20-21-22-26-29-34-39-44-49-55-61-67-82(87)95-73-80(101-84(89)69-62-56-50-45-40-35-30-27-24-23-25-28-32-37-42-47-53-58-64-76(3)4)75-99-103(92,93)97-71-78(85)70-96-102(90,91)98-74-79(72-94-81(86)66-60-52-12-10-8-2)100-83(88)68-63-57-51-46-41-36-31-33-38-43-48-54-59-65-77(5)6/h76-80,85H,7-75H2,1-6H3,(H,90,91)(H,92,93)/t78-,79+,80+/m0/s1. The molecular weight excluding hydrogens is 1340 g/mol. The summed E-state index contributed by atoms with van der Waals surface area (Å²) in [6, 6.07) is 0. The number of unbranched alkanes of at least 4 members (excludes halogenated alkanes) is 53. The number of aliphatic hydroxyl groups excluding tert-OH is 1. The van der Waals surface area contributed by atoms with Gasteiger partial charge in [0.15, 0.2) is 12.2 Å². The van der Waals surface area contributed by atoms with Gasteiger partial charge in [-0.3, -0.25) is 37.3 Å². The van der Waals surface area contributed by atoms with Crippen LogP contribution in [0.2, 0.25) is 0 Å². The van der Waals surface area contributed by atoms with Crippen molar-refractivity contribution in [1.29, 1.82) is 0 Å². The van der Waals surface area contributed by atoms with E-state index in [-0.39, 0.29) is 25.7 Å². The first-order valence-corrected chi connectivity index (χ1v) is 46.5. The second-order valence-corrected chi connectivity index (χ2v) is 34.1. The fourth-order valence-electron chi connectivity index (χ4n) is 13.1. The topological polar surface area (TPSA) is 237 Å². The lowest BCUT2D eigenvalue weighted by molar-refractivity contribution is -0.161. The highest BCUT2D eigenvalue weighted by Gasteiger charge is 2.30. The summed E-state index contributed by atoms with van der Waals surface area (Å²) in [6.07, 6.45) is 67.3. The molecule has 0 spiro atoms. The number of rotatable bonds is 83. The van der Waals surface area contributed by atoms with E-state index in [4.69, 9.17) is 37.0 Å². The van der Waals surface area contributed by atoms with Crippen LogP contribution in [0.4, 0.5) is 0 Å². The van der Waals surface area contributed by atoms with Crippen molar-refractivity contribution in [2.45, 2.75) is 464 Å². The van der Waals surface area contributed by atoms with Crippen LogP contribution in [0.3, 0.4) is 0 Å². The van der Waals surface area contributed by atoms with Gasteiger partial charge in [-0.1, -0.05) is 395 Å². The van der Waals surface area contributed by atoms with Crippen LogP contribution in [0.1, 0.15) is 446 Å². The fraction of sp³-hybridized carbons (Fsp3) is 0.952. The quantitative estimate of drug-likeness (QED) is 0.0222. The van der Waals surface area contributed by atoms with Crippen LogP contribution < -0.4 is 0 Å². The summed E-state index contributed by atoms with van der Waals surface area (Å²) >= 11 is 0. The maximum Gasteiger partial charge on any atom is 0.472 e. The van der Waals surface area contributed by atoms with Crippen LogP contribution in [-0.4, -0.2) is 96.7 Å². The highest BCUT2D eigenvalue weighted by molar-refractivity contribution is 7.47. The summed E-state index contributed by atoms with van der Waals surface area (Å²) in [5.41, 5.74) is 0. The van der Waals surface area contributed by atoms with Gasteiger partial charge in [0.1, 0.15) is 19.3 Å². The summed E-state index contributed by atoms with van der Waals surface area (Å²) in [6.45, 7) is 9.61. The molecule has 19 heteroatoms. The third-order valence-corrected chi connectivity index (χ3v) is 21.6. The van der Waals surface area contributed by atoms with Crippen molar-refractivity contribution >= 4 is 39.5 Å². The molecule has 0 aromatic rings. The van der Waals surface area contributed by atoms with Crippen LogP contribution in [0, 0.1) is 11.8 Å². The molecule has 0 aromatic carbocycles. The van der Waals surface area contributed by atoms with Gasteiger partial charge >= 0.3 is 39.5 Å². The lowest BCUT2D eigenvalue weighted by Gasteiger charge is -2.21. The fourth-order valence-corrected chi connectivity index (χ4v) is 14.6. The van der Waals surface area contributed by atoms with Gasteiger partial charge in [0.25, 0.3) is 0 Å². The van der Waals surface area contributed by atoms with Crippen molar-refractivity contribution in [3.05, 3.63) is 0 Å². The van der Waals surface area contributed by atoms with Crippen molar-refractivity contribution in [3.8, 4) is 0 Å². The van der Waals surface area contributed by atoms with E-state index >= 15 is 0 Å². The molecule has 0 aliphatic rings. The van der Waals surface area contributed by atoms with Crippen molar-refractivity contribution < 1.29 is 80.2 Å². The zero-order valence-electron chi connectivity index (χ0n) is 67.6. The Hall–Kier alpha value is -1.94. The molecule has 17 nitrogen and oxygen atoms in total. The molecule has 612 valence electrons. The Bertz CT molecular complexity index is 1980. The van der Waals surface area contributed by atoms with Crippen LogP contribution in [0.5, 0.6) is 0 Å². The number of hydrogen-bond donors (Lipinski definition) is 3. The van der Waals surface area contributed by atoms with Gasteiger partial charge in [0.2, 0.25) is 0 Å². The molecule has 0 saturated carbocycles. The van der Waals surface area contributed by atoms with Crippen LogP contribution in [0.25, 0.3) is 0 Å². The average Bonchev–Trinajstić information content (AvgIpc) is 0.917. The summed E-state index contributed by atoms with van der Waals surface area (Å²) in [4.78, 5) is 72.8. The lowest BCUT2D eigenvalue weighted by Crippen LogP contribution is -2.30. The van der Waals surface area contributed by atoms with Crippen LogP contribution in [-0.2, 0) is 65.4 Å². The van der Waals surface area contributed by atoms with E-state index in [9.17, 15) is 43.2 Å². The molecule has 2 unspecified atom stereocenters. The molecule has 0 rings (SSSR count). The number of phosphoric acid groups is 2. The van der Waals surface area contributed by atoms with E-state index < -0.39 is 97.5 Å². The lowest BCUT2D eigenvalue weighted by atomic mass is 10.0. The summed E-state index contributed by atoms with van der Waals surface area (Å²) in [5, 5.41) is 10.6. The molecule has 0 radical (unpaired) electrons. The molecular formula is C84H164O17P2. The molecule has 0 aliphatic heterocycles. The number of aliphatic hydroxyl groups is 1. The first-order chi connectivity index (χ1) is 49.9. The minimum atomic E-state index is -4.96. The molecule has 103 heavy (non-hydrogen) atoms. The second-order valence-electron chi connectivity index (χ2n) is 31.2. The predicted octanol–water partition coefficient (Wildman–Crippen LogP) is 25.5. The number of ether oxygens (including phenoxy) is 4. The number of carbonyl (C=O) groups is 4. The molecule has 0 aromatic heterocycles. The molecule has 5 atom stereocenters. The molecule has 0 saturated heterocycles. The van der Waals surface area contributed by atoms with Crippen LogP contribution in [0.15, 0.2) is 0 Å². The third-order valence-electron chi connectivity index (χ3n) is 19.7. The molecule has 0 heterocycles. The molecule has 0 bridgehead atoms. The Morgan fingerprint density at radius 1 is 0.262 bits per heavy atom. The summed E-state index contributed by atoms with van der Waals surface area (Å²) in [7, 11) is -9.91. The summed E-state index contributed by atoms with van der Waals surface area (Å²) in [5.74, 6) is -0.510. The molecule has 0 aliphatic carbocycles. The number of phosphoric ester groups is 2. The Kier molecular flexibility index (Phi) is 74.1. The Morgan fingerprint density at radius 3 is 0.660 bits per heavy atom. The molecule has 3 N–H and O–H groups in total. The van der Waals surface area contributed by atoms with E-state index in [1.165, 1.54) is 257 Å². The van der Waals surface area contributed by atoms with Gasteiger partial charge in [0.05, 0.1) is 26.4 Å². The van der Waals surface area contributed by atoms with Crippen molar-refractivity contribution in [3.63, 3.8) is 0 Å². The van der Waals surface area contributed by atoms with Gasteiger partial charge < -0.3 is 33.8 Å². The Labute approximate surface area is 632 Å². The highest BCUT2D eigenvalue weighted by Crippen LogP contribution is 2.45.